The number of nitrogens with zero attached hydrogens (tertiary/aromatic N) is 4. The first-order chi connectivity index (χ1) is 11.9. The Labute approximate surface area is 140 Å². The third-order valence-electron chi connectivity index (χ3n) is 4.02. The number of hydrogen-bond acceptors (Lipinski definition) is 3. The largest absolute Gasteiger partial charge is 0.348 e. The topological polar surface area (TPSA) is 59.4 Å². The maximum atomic E-state index is 4.68. The lowest BCUT2D eigenvalue weighted by atomic mass is 10.1. The van der Waals surface area contributed by atoms with Crippen LogP contribution in [0.1, 0.15) is 5.69 Å². The maximum absolute atomic E-state index is 4.68. The first-order valence-electron chi connectivity index (χ1n) is 7.90. The number of benzene rings is 1. The third-order valence-corrected chi connectivity index (χ3v) is 4.02. The van der Waals surface area contributed by atoms with Gasteiger partial charge in [0.1, 0.15) is 0 Å². The van der Waals surface area contributed by atoms with Crippen molar-refractivity contribution < 1.29 is 0 Å². The number of nitrogens with one attached hydrogen (secondary N) is 1. The van der Waals surface area contributed by atoms with Crippen LogP contribution in [0.5, 0.6) is 0 Å². The quantitative estimate of drug-likeness (QED) is 0.612. The molecule has 0 bridgehead atoms. The van der Waals surface area contributed by atoms with Crippen molar-refractivity contribution in [1.82, 2.24) is 24.5 Å². The number of imidazole rings is 2. The Bertz CT molecular complexity index is 896. The van der Waals surface area contributed by atoms with Gasteiger partial charge in [0, 0.05) is 48.4 Å². The fourth-order valence-corrected chi connectivity index (χ4v) is 2.83. The second-order valence-electron chi connectivity index (χ2n) is 5.56. The average Bonchev–Trinajstić information content (AvgIpc) is 3.31. The molecule has 1 N–H and O–H groups in total. The zero-order valence-corrected chi connectivity index (χ0v) is 13.1. The van der Waals surface area contributed by atoms with Crippen molar-refractivity contribution in [1.29, 1.82) is 0 Å². The number of aromatic amines is 1. The molecule has 4 rings (SSSR count). The van der Waals surface area contributed by atoms with Crippen molar-refractivity contribution in [3.8, 4) is 22.5 Å². The fourth-order valence-electron chi connectivity index (χ4n) is 2.83. The number of H-pyrrole nitrogens is 1. The van der Waals surface area contributed by atoms with Crippen LogP contribution < -0.4 is 0 Å². The Balaban J connectivity index is 1.75. The van der Waals surface area contributed by atoms with E-state index in [2.05, 4.69) is 36.6 Å². The summed E-state index contributed by atoms with van der Waals surface area (Å²) in [5.74, 6) is 0. The Morgan fingerprint density at radius 2 is 1.75 bits per heavy atom. The molecular weight excluding hydrogens is 298 g/mol. The molecule has 3 aromatic heterocycles. The van der Waals surface area contributed by atoms with Gasteiger partial charge in [-0.05, 0) is 12.1 Å². The van der Waals surface area contributed by atoms with E-state index in [0.29, 0.717) is 0 Å². The van der Waals surface area contributed by atoms with E-state index in [1.807, 2.05) is 55.2 Å². The van der Waals surface area contributed by atoms with Crippen LogP contribution >= 0.6 is 0 Å². The number of pyridine rings is 1. The summed E-state index contributed by atoms with van der Waals surface area (Å²) in [6.45, 7) is 0.833. The molecule has 0 spiro atoms. The van der Waals surface area contributed by atoms with Gasteiger partial charge in [0.15, 0.2) is 0 Å². The molecule has 1 aromatic carbocycles. The summed E-state index contributed by atoms with van der Waals surface area (Å²) in [6, 6.07) is 14.3. The van der Waals surface area contributed by atoms with Gasteiger partial charge in [0.25, 0.3) is 0 Å². The summed E-state index contributed by atoms with van der Waals surface area (Å²) < 4.78 is 2.19. The lowest BCUT2D eigenvalue weighted by molar-refractivity contribution is 0.693. The lowest BCUT2D eigenvalue weighted by Gasteiger charge is -2.10. The highest BCUT2D eigenvalue weighted by Gasteiger charge is 2.14. The van der Waals surface area contributed by atoms with Gasteiger partial charge in [-0.25, -0.2) is 9.97 Å². The highest BCUT2D eigenvalue weighted by Crippen LogP contribution is 2.30. The van der Waals surface area contributed by atoms with Gasteiger partial charge < -0.3 is 9.55 Å². The Morgan fingerprint density at radius 3 is 2.50 bits per heavy atom. The summed E-state index contributed by atoms with van der Waals surface area (Å²) in [7, 11) is 0. The second-order valence-corrected chi connectivity index (χ2v) is 5.56. The molecule has 0 unspecified atom stereocenters. The maximum Gasteiger partial charge on any atom is 0.0963 e. The average molecular weight is 315 g/mol. The first-order valence-corrected chi connectivity index (χ1v) is 7.90. The molecule has 0 saturated heterocycles. The minimum Gasteiger partial charge on any atom is -0.348 e. The van der Waals surface area contributed by atoms with Crippen LogP contribution in [0.15, 0.2) is 73.7 Å². The molecular formula is C19H17N5. The molecule has 0 amide bonds. The van der Waals surface area contributed by atoms with E-state index in [1.165, 1.54) is 0 Å². The van der Waals surface area contributed by atoms with Gasteiger partial charge >= 0.3 is 0 Å². The Kier molecular flexibility index (Phi) is 3.90. The van der Waals surface area contributed by atoms with Crippen molar-refractivity contribution >= 4 is 0 Å². The van der Waals surface area contributed by atoms with Crippen molar-refractivity contribution in [3.63, 3.8) is 0 Å². The monoisotopic (exact) mass is 315 g/mol. The predicted molar refractivity (Wildman–Crippen MR) is 93.2 cm³/mol. The molecule has 24 heavy (non-hydrogen) atoms. The summed E-state index contributed by atoms with van der Waals surface area (Å²) >= 11 is 0. The van der Waals surface area contributed by atoms with Crippen LogP contribution in [0.25, 0.3) is 22.5 Å². The van der Waals surface area contributed by atoms with Gasteiger partial charge in [-0.1, -0.05) is 30.3 Å². The van der Waals surface area contributed by atoms with Crippen LogP contribution in [0.3, 0.4) is 0 Å². The Hall–Kier alpha value is -3.21. The minimum atomic E-state index is 0.833. The van der Waals surface area contributed by atoms with Crippen molar-refractivity contribution in [2.24, 2.45) is 0 Å². The van der Waals surface area contributed by atoms with Gasteiger partial charge in [-0.3, -0.25) is 4.98 Å². The summed E-state index contributed by atoms with van der Waals surface area (Å²) in [4.78, 5) is 16.0. The standard InChI is InChI=1S/C19H17N5/c1-2-4-15(5-3-1)18-19(16-6-9-20-10-7-16)24(14-23-18)11-8-17-12-21-13-22-17/h1-7,9-10,12-14H,8,11H2,(H,21,22). The van der Waals surface area contributed by atoms with Crippen LogP contribution in [-0.2, 0) is 13.0 Å². The molecule has 0 radical (unpaired) electrons. The molecule has 0 fully saturated rings. The molecule has 4 aromatic rings. The van der Waals surface area contributed by atoms with E-state index in [0.717, 1.165) is 41.2 Å². The van der Waals surface area contributed by atoms with Gasteiger partial charge in [0.05, 0.1) is 24.0 Å². The third kappa shape index (κ3) is 2.84. The van der Waals surface area contributed by atoms with Crippen LogP contribution in [0, 0.1) is 0 Å². The van der Waals surface area contributed by atoms with E-state index in [1.54, 1.807) is 6.33 Å². The smallest absolute Gasteiger partial charge is 0.0963 e. The number of aromatic nitrogens is 5. The summed E-state index contributed by atoms with van der Waals surface area (Å²) in [6.07, 6.45) is 9.99. The molecule has 118 valence electrons. The molecule has 0 saturated carbocycles. The van der Waals surface area contributed by atoms with Crippen molar-refractivity contribution in [2.75, 3.05) is 0 Å². The molecule has 3 heterocycles. The molecule has 5 heteroatoms. The minimum absolute atomic E-state index is 0.833. The second kappa shape index (κ2) is 6.50. The van der Waals surface area contributed by atoms with Gasteiger partial charge in [-0.15, -0.1) is 0 Å². The van der Waals surface area contributed by atoms with Gasteiger partial charge in [0.2, 0.25) is 0 Å². The summed E-state index contributed by atoms with van der Waals surface area (Å²) in [5, 5.41) is 0. The highest BCUT2D eigenvalue weighted by atomic mass is 15.1. The molecule has 0 atom stereocenters. The lowest BCUT2D eigenvalue weighted by Crippen LogP contribution is -2.03. The SMILES string of the molecule is c1ccc(-c2ncn(CCc3cnc[nH]3)c2-c2ccncc2)cc1. The van der Waals surface area contributed by atoms with E-state index in [4.69, 9.17) is 0 Å². The molecule has 0 aliphatic heterocycles. The van der Waals surface area contributed by atoms with Crippen LogP contribution in [-0.4, -0.2) is 24.5 Å². The zero-order valence-electron chi connectivity index (χ0n) is 13.1. The van der Waals surface area contributed by atoms with E-state index < -0.39 is 0 Å². The van der Waals surface area contributed by atoms with Crippen LogP contribution in [0.4, 0.5) is 0 Å². The predicted octanol–water partition coefficient (Wildman–Crippen LogP) is 3.58. The van der Waals surface area contributed by atoms with Gasteiger partial charge in [-0.2, -0.15) is 0 Å². The first kappa shape index (κ1) is 14.4. The fraction of sp³-hybridized carbons (Fsp3) is 0.105. The highest BCUT2D eigenvalue weighted by molar-refractivity contribution is 5.78. The van der Waals surface area contributed by atoms with Crippen LogP contribution in [0.2, 0.25) is 0 Å². The molecule has 0 aliphatic carbocycles. The van der Waals surface area contributed by atoms with E-state index in [9.17, 15) is 0 Å². The van der Waals surface area contributed by atoms with E-state index >= 15 is 0 Å². The van der Waals surface area contributed by atoms with Crippen molar-refractivity contribution in [3.05, 3.63) is 79.4 Å². The van der Waals surface area contributed by atoms with Crippen molar-refractivity contribution in [2.45, 2.75) is 13.0 Å². The molecule has 0 aliphatic rings. The van der Waals surface area contributed by atoms with E-state index in [-0.39, 0.29) is 0 Å². The molecule has 5 nitrogen and oxygen atoms in total. The number of hydrogen-bond donors (Lipinski definition) is 1. The summed E-state index contributed by atoms with van der Waals surface area (Å²) in [5.41, 5.74) is 5.45. The number of rotatable bonds is 5. The zero-order chi connectivity index (χ0) is 16.2. The Morgan fingerprint density at radius 1 is 0.917 bits per heavy atom. The number of aryl methyl sites for hydroxylation is 2. The normalized spacial score (nSPS) is 10.8.